The summed E-state index contributed by atoms with van der Waals surface area (Å²) in [6, 6.07) is 9.76. The smallest absolute Gasteiger partial charge is 0.292 e. The van der Waals surface area contributed by atoms with E-state index in [0.29, 0.717) is 0 Å². The summed E-state index contributed by atoms with van der Waals surface area (Å²) < 4.78 is 0. The fourth-order valence-corrected chi connectivity index (χ4v) is 3.29. The van der Waals surface area contributed by atoms with E-state index in [4.69, 9.17) is 23.2 Å². The maximum atomic E-state index is 12.7. The second kappa shape index (κ2) is 10.1. The SMILES string of the molecule is O=C(Nc1ccc([N+](=O)[O-])c(NC(=O)c2ccc(Cl)cc2[N+](=O)[O-])c1)c1ccc(Cl)cc1[N+](=O)[O-]. The molecule has 0 heterocycles. The lowest BCUT2D eigenvalue weighted by Crippen LogP contribution is -2.16. The van der Waals surface area contributed by atoms with Crippen LogP contribution in [0.2, 0.25) is 10.0 Å². The Morgan fingerprint density at radius 3 is 1.54 bits per heavy atom. The lowest BCUT2D eigenvalue weighted by atomic mass is 10.1. The zero-order chi connectivity index (χ0) is 25.9. The maximum absolute atomic E-state index is 12.7. The number of halogens is 2. The van der Waals surface area contributed by atoms with Crippen molar-refractivity contribution in [2.45, 2.75) is 0 Å². The van der Waals surface area contributed by atoms with Crippen molar-refractivity contribution in [3.05, 3.63) is 106 Å². The second-order valence-electron chi connectivity index (χ2n) is 6.73. The molecule has 35 heavy (non-hydrogen) atoms. The average Bonchev–Trinajstić information content (AvgIpc) is 2.78. The topological polar surface area (TPSA) is 188 Å². The fourth-order valence-electron chi connectivity index (χ4n) is 2.96. The summed E-state index contributed by atoms with van der Waals surface area (Å²) >= 11 is 11.5. The number of amides is 2. The van der Waals surface area contributed by atoms with Crippen LogP contribution in [0.3, 0.4) is 0 Å². The Balaban J connectivity index is 1.95. The van der Waals surface area contributed by atoms with Crippen molar-refractivity contribution < 1.29 is 24.4 Å². The van der Waals surface area contributed by atoms with Gasteiger partial charge >= 0.3 is 0 Å². The van der Waals surface area contributed by atoms with Gasteiger partial charge in [-0.3, -0.25) is 39.9 Å². The van der Waals surface area contributed by atoms with Gasteiger partial charge in [0.15, 0.2) is 0 Å². The lowest BCUT2D eigenvalue weighted by Gasteiger charge is -2.10. The molecule has 0 saturated heterocycles. The molecule has 0 aliphatic heterocycles. The first-order valence-electron chi connectivity index (χ1n) is 9.27. The molecule has 15 heteroatoms. The molecule has 0 fully saturated rings. The first-order chi connectivity index (χ1) is 16.5. The highest BCUT2D eigenvalue weighted by Crippen LogP contribution is 2.31. The minimum atomic E-state index is -1.05. The number of hydrogen-bond acceptors (Lipinski definition) is 8. The summed E-state index contributed by atoms with van der Waals surface area (Å²) in [5, 5.41) is 38.5. The molecule has 2 N–H and O–H groups in total. The van der Waals surface area contributed by atoms with Gasteiger partial charge in [0.1, 0.15) is 16.8 Å². The van der Waals surface area contributed by atoms with Crippen LogP contribution in [0.5, 0.6) is 0 Å². The van der Waals surface area contributed by atoms with Crippen LogP contribution < -0.4 is 10.6 Å². The highest BCUT2D eigenvalue weighted by molar-refractivity contribution is 6.31. The zero-order valence-electron chi connectivity index (χ0n) is 17.1. The van der Waals surface area contributed by atoms with E-state index in [1.165, 1.54) is 12.1 Å². The van der Waals surface area contributed by atoms with E-state index >= 15 is 0 Å². The molecule has 0 aliphatic rings. The van der Waals surface area contributed by atoms with Crippen molar-refractivity contribution in [2.75, 3.05) is 10.6 Å². The van der Waals surface area contributed by atoms with Crippen LogP contribution in [0, 0.1) is 30.3 Å². The summed E-state index contributed by atoms with van der Waals surface area (Å²) in [5.74, 6) is -1.97. The van der Waals surface area contributed by atoms with E-state index in [1.54, 1.807) is 0 Å². The number of anilines is 2. The van der Waals surface area contributed by atoms with Gasteiger partial charge in [0.2, 0.25) is 0 Å². The number of carbonyl (C=O) groups excluding carboxylic acids is 2. The molecule has 0 aromatic heterocycles. The molecule has 3 aromatic rings. The van der Waals surface area contributed by atoms with Crippen LogP contribution in [0.4, 0.5) is 28.4 Å². The molecule has 13 nitrogen and oxygen atoms in total. The number of rotatable bonds is 7. The van der Waals surface area contributed by atoms with Gasteiger partial charge in [0.05, 0.1) is 14.8 Å². The van der Waals surface area contributed by atoms with Crippen LogP contribution in [0.1, 0.15) is 20.7 Å². The molecule has 3 rings (SSSR count). The summed E-state index contributed by atoms with van der Waals surface area (Å²) in [6.45, 7) is 0. The van der Waals surface area contributed by atoms with Crippen LogP contribution in [-0.4, -0.2) is 26.6 Å². The van der Waals surface area contributed by atoms with E-state index in [0.717, 1.165) is 42.5 Å². The molecule has 0 spiro atoms. The molecular weight excluding hydrogens is 509 g/mol. The Morgan fingerprint density at radius 2 is 1.09 bits per heavy atom. The molecule has 0 saturated carbocycles. The molecule has 0 atom stereocenters. The van der Waals surface area contributed by atoms with Gasteiger partial charge in [-0.1, -0.05) is 23.2 Å². The maximum Gasteiger partial charge on any atom is 0.292 e. The minimum absolute atomic E-state index is 0.000216. The predicted molar refractivity (Wildman–Crippen MR) is 125 cm³/mol. The number of benzene rings is 3. The van der Waals surface area contributed by atoms with Crippen LogP contribution >= 0.6 is 23.2 Å². The number of nitrogens with zero attached hydrogens (tertiary/aromatic N) is 3. The lowest BCUT2D eigenvalue weighted by molar-refractivity contribution is -0.385. The monoisotopic (exact) mass is 519 g/mol. The van der Waals surface area contributed by atoms with Crippen molar-refractivity contribution in [3.8, 4) is 0 Å². The Labute approximate surface area is 204 Å². The van der Waals surface area contributed by atoms with Crippen molar-refractivity contribution in [2.24, 2.45) is 0 Å². The minimum Gasteiger partial charge on any atom is -0.322 e. The van der Waals surface area contributed by atoms with E-state index in [9.17, 15) is 39.9 Å². The first-order valence-corrected chi connectivity index (χ1v) is 10.0. The largest absolute Gasteiger partial charge is 0.322 e. The number of carbonyl (C=O) groups is 2. The van der Waals surface area contributed by atoms with Gasteiger partial charge in [0.25, 0.3) is 28.9 Å². The van der Waals surface area contributed by atoms with E-state index in [2.05, 4.69) is 10.6 Å². The quantitative estimate of drug-likeness (QED) is 0.313. The van der Waals surface area contributed by atoms with E-state index in [1.807, 2.05) is 0 Å². The third-order valence-electron chi connectivity index (χ3n) is 4.50. The number of hydrogen-bond donors (Lipinski definition) is 2. The van der Waals surface area contributed by atoms with E-state index < -0.39 is 54.9 Å². The second-order valence-corrected chi connectivity index (χ2v) is 7.61. The van der Waals surface area contributed by atoms with Crippen LogP contribution in [-0.2, 0) is 0 Å². The predicted octanol–water partition coefficient (Wildman–Crippen LogP) is 5.22. The van der Waals surface area contributed by atoms with Gasteiger partial charge in [-0.15, -0.1) is 0 Å². The number of nitro groups is 3. The number of nitro benzene ring substituents is 3. The Bertz CT molecular complexity index is 1410. The fraction of sp³-hybridized carbons (Fsp3) is 0. The van der Waals surface area contributed by atoms with Gasteiger partial charge in [0, 0.05) is 33.9 Å². The van der Waals surface area contributed by atoms with Crippen molar-refractivity contribution >= 4 is 63.5 Å². The van der Waals surface area contributed by atoms with Gasteiger partial charge in [-0.2, -0.15) is 0 Å². The highest BCUT2D eigenvalue weighted by atomic mass is 35.5. The Morgan fingerprint density at radius 1 is 0.629 bits per heavy atom. The summed E-state index contributed by atoms with van der Waals surface area (Å²) in [6.07, 6.45) is 0. The molecular formula is C20H11Cl2N5O8. The van der Waals surface area contributed by atoms with Crippen molar-refractivity contribution in [3.63, 3.8) is 0 Å². The molecule has 0 unspecified atom stereocenters. The number of nitrogens with one attached hydrogen (secondary N) is 2. The van der Waals surface area contributed by atoms with Crippen molar-refractivity contribution in [1.29, 1.82) is 0 Å². The molecule has 178 valence electrons. The molecule has 0 bridgehead atoms. The highest BCUT2D eigenvalue weighted by Gasteiger charge is 2.25. The summed E-state index contributed by atoms with van der Waals surface area (Å²) in [5.41, 5.74) is -2.98. The molecule has 2 amide bonds. The molecule has 3 aromatic carbocycles. The van der Waals surface area contributed by atoms with Crippen LogP contribution in [0.15, 0.2) is 54.6 Å². The summed E-state index contributed by atoms with van der Waals surface area (Å²) in [4.78, 5) is 56.8. The van der Waals surface area contributed by atoms with Gasteiger partial charge in [-0.05, 0) is 36.4 Å². The third-order valence-corrected chi connectivity index (χ3v) is 4.97. The van der Waals surface area contributed by atoms with E-state index in [-0.39, 0.29) is 21.3 Å². The normalized spacial score (nSPS) is 10.3. The third kappa shape index (κ3) is 5.66. The zero-order valence-corrected chi connectivity index (χ0v) is 18.6. The average molecular weight is 520 g/mol. The van der Waals surface area contributed by atoms with Crippen LogP contribution in [0.25, 0.3) is 0 Å². The van der Waals surface area contributed by atoms with Crippen molar-refractivity contribution in [1.82, 2.24) is 0 Å². The Hall–Kier alpha value is -4.62. The molecule has 0 radical (unpaired) electrons. The first kappa shape index (κ1) is 25.0. The van der Waals surface area contributed by atoms with Gasteiger partial charge in [-0.25, -0.2) is 0 Å². The Kier molecular flexibility index (Phi) is 7.22. The summed E-state index contributed by atoms with van der Waals surface area (Å²) in [7, 11) is 0. The van der Waals surface area contributed by atoms with Gasteiger partial charge < -0.3 is 10.6 Å². The standard InChI is InChI=1S/C20H11Cl2N5O8/c21-10-1-4-13(17(7-10)26(32)33)19(28)23-12-3-6-16(25(30)31)15(9-12)24-20(29)14-5-2-11(22)8-18(14)27(34)35/h1-9H,(H,23,28)(H,24,29). The molecule has 0 aliphatic carbocycles.